The summed E-state index contributed by atoms with van der Waals surface area (Å²) < 4.78 is 52.0. The van der Waals surface area contributed by atoms with Crippen molar-refractivity contribution in [2.45, 2.75) is 12.8 Å². The molecule has 0 aliphatic heterocycles. The molecular weight excluding hydrogens is 362 g/mol. The highest BCUT2D eigenvalue weighted by molar-refractivity contribution is 7.92. The van der Waals surface area contributed by atoms with Gasteiger partial charge in [0.2, 0.25) is 15.9 Å². The number of hydrogen-bond acceptors (Lipinski definition) is 3. The lowest BCUT2D eigenvalue weighted by atomic mass is 10.1. The van der Waals surface area contributed by atoms with Crippen LogP contribution >= 0.6 is 0 Å². The highest BCUT2D eigenvalue weighted by atomic mass is 32.2. The van der Waals surface area contributed by atoms with Gasteiger partial charge in [-0.3, -0.25) is 9.10 Å². The Morgan fingerprint density at radius 2 is 1.65 bits per heavy atom. The van der Waals surface area contributed by atoms with Crippen LogP contribution in [-0.4, -0.2) is 33.7 Å². The van der Waals surface area contributed by atoms with E-state index < -0.39 is 39.8 Å². The van der Waals surface area contributed by atoms with E-state index in [0.717, 1.165) is 36.4 Å². The Labute approximate surface area is 151 Å². The monoisotopic (exact) mass is 382 g/mol. The molecule has 26 heavy (non-hydrogen) atoms. The molecule has 0 heterocycles. The van der Waals surface area contributed by atoms with Crippen molar-refractivity contribution in [3.05, 3.63) is 65.7 Å². The van der Waals surface area contributed by atoms with Gasteiger partial charge in [0.15, 0.2) is 11.6 Å². The molecule has 8 heteroatoms. The van der Waals surface area contributed by atoms with Crippen LogP contribution in [0, 0.1) is 11.6 Å². The number of sulfonamides is 1. The molecule has 0 saturated carbocycles. The zero-order valence-electron chi connectivity index (χ0n) is 14.3. The van der Waals surface area contributed by atoms with E-state index in [1.54, 1.807) is 0 Å². The van der Waals surface area contributed by atoms with Crippen molar-refractivity contribution in [3.8, 4) is 0 Å². The van der Waals surface area contributed by atoms with Gasteiger partial charge in [0.1, 0.15) is 12.2 Å². The number of nitrogens with one attached hydrogen (secondary N) is 1. The summed E-state index contributed by atoms with van der Waals surface area (Å²) in [6.45, 7) is -0.368. The van der Waals surface area contributed by atoms with Crippen molar-refractivity contribution in [3.63, 3.8) is 0 Å². The van der Waals surface area contributed by atoms with Crippen LogP contribution in [0.2, 0.25) is 0 Å². The van der Waals surface area contributed by atoms with Crippen LogP contribution < -0.4 is 9.62 Å². The van der Waals surface area contributed by atoms with Crippen LogP contribution in [0.4, 0.5) is 14.5 Å². The molecule has 2 rings (SSSR count). The number of nitrogens with zero attached hydrogens (tertiary/aromatic N) is 1. The first-order valence-electron chi connectivity index (χ1n) is 8.01. The van der Waals surface area contributed by atoms with Gasteiger partial charge in [0.05, 0.1) is 6.26 Å². The molecule has 0 saturated heterocycles. The Morgan fingerprint density at radius 1 is 1.04 bits per heavy atom. The largest absolute Gasteiger partial charge is 0.355 e. The number of rotatable bonds is 8. The van der Waals surface area contributed by atoms with Crippen molar-refractivity contribution in [2.24, 2.45) is 0 Å². The molecule has 140 valence electrons. The van der Waals surface area contributed by atoms with Crippen molar-refractivity contribution in [2.75, 3.05) is 23.7 Å². The predicted molar refractivity (Wildman–Crippen MR) is 96.3 cm³/mol. The number of hydrogen-bond donors (Lipinski definition) is 1. The fourth-order valence-electron chi connectivity index (χ4n) is 2.44. The molecule has 5 nitrogen and oxygen atoms in total. The zero-order chi connectivity index (χ0) is 19.2. The Hall–Kier alpha value is -2.48. The number of anilines is 1. The Morgan fingerprint density at radius 3 is 2.23 bits per heavy atom. The second-order valence-corrected chi connectivity index (χ2v) is 7.69. The molecule has 1 N–H and O–H groups in total. The molecular formula is C18H20F2N2O3S. The fourth-order valence-corrected chi connectivity index (χ4v) is 3.30. The Kier molecular flexibility index (Phi) is 6.68. The summed E-state index contributed by atoms with van der Waals surface area (Å²) in [6.07, 6.45) is 2.20. The lowest BCUT2D eigenvalue weighted by molar-refractivity contribution is -0.119. The number of carbonyl (C=O) groups excluding carboxylic acids is 1. The van der Waals surface area contributed by atoms with Crippen molar-refractivity contribution in [1.82, 2.24) is 5.32 Å². The zero-order valence-corrected chi connectivity index (χ0v) is 15.1. The summed E-state index contributed by atoms with van der Waals surface area (Å²) in [6, 6.07) is 12.7. The quantitative estimate of drug-likeness (QED) is 0.714. The third-order valence-corrected chi connectivity index (χ3v) is 4.79. The molecule has 2 aromatic rings. The molecule has 0 aliphatic rings. The topological polar surface area (TPSA) is 66.5 Å². The maximum absolute atomic E-state index is 13.9. The van der Waals surface area contributed by atoms with Gasteiger partial charge in [0.25, 0.3) is 0 Å². The lowest BCUT2D eigenvalue weighted by Gasteiger charge is -2.22. The van der Waals surface area contributed by atoms with Crippen molar-refractivity contribution >= 4 is 21.6 Å². The van der Waals surface area contributed by atoms with E-state index in [1.807, 2.05) is 30.3 Å². The van der Waals surface area contributed by atoms with Crippen molar-refractivity contribution in [1.29, 1.82) is 0 Å². The molecule has 0 radical (unpaired) electrons. The first kappa shape index (κ1) is 19.8. The average molecular weight is 382 g/mol. The maximum Gasteiger partial charge on any atom is 0.240 e. The van der Waals surface area contributed by atoms with Crippen LogP contribution in [-0.2, 0) is 21.2 Å². The van der Waals surface area contributed by atoms with Crippen LogP contribution in [0.15, 0.2) is 48.5 Å². The Balaban J connectivity index is 1.97. The van der Waals surface area contributed by atoms with Crippen LogP contribution in [0.5, 0.6) is 0 Å². The minimum absolute atomic E-state index is 0.324. The second kappa shape index (κ2) is 8.75. The van der Waals surface area contributed by atoms with E-state index in [-0.39, 0.29) is 0 Å². The van der Waals surface area contributed by atoms with E-state index in [9.17, 15) is 22.0 Å². The summed E-state index contributed by atoms with van der Waals surface area (Å²) in [5.74, 6) is -2.73. The summed E-state index contributed by atoms with van der Waals surface area (Å²) >= 11 is 0. The smallest absolute Gasteiger partial charge is 0.240 e. The minimum Gasteiger partial charge on any atom is -0.355 e. The fraction of sp³-hybridized carbons (Fsp3) is 0.278. The number of halogens is 2. The average Bonchev–Trinajstić information content (AvgIpc) is 2.58. The highest BCUT2D eigenvalue weighted by Gasteiger charge is 2.26. The number of amides is 1. The summed E-state index contributed by atoms with van der Waals surface area (Å²) in [7, 11) is -4.04. The third kappa shape index (κ3) is 5.52. The van der Waals surface area contributed by atoms with Gasteiger partial charge in [-0.15, -0.1) is 0 Å². The summed E-state index contributed by atoms with van der Waals surface area (Å²) in [4.78, 5) is 12.0. The van der Waals surface area contributed by atoms with Gasteiger partial charge in [-0.05, 0) is 30.5 Å². The van der Waals surface area contributed by atoms with Gasteiger partial charge in [-0.25, -0.2) is 17.2 Å². The van der Waals surface area contributed by atoms with E-state index >= 15 is 0 Å². The summed E-state index contributed by atoms with van der Waals surface area (Å²) in [5, 5.41) is 2.57. The Bertz CT molecular complexity index is 838. The van der Waals surface area contributed by atoms with Gasteiger partial charge in [-0.2, -0.15) is 0 Å². The van der Waals surface area contributed by atoms with Gasteiger partial charge < -0.3 is 5.32 Å². The third-order valence-electron chi connectivity index (χ3n) is 3.68. The number of para-hydroxylation sites is 1. The van der Waals surface area contributed by atoms with E-state index in [4.69, 9.17) is 0 Å². The predicted octanol–water partition coefficient (Wildman–Crippen LogP) is 2.48. The standard InChI is InChI=1S/C18H20F2N2O3S/c1-26(24,25)22(18-15(19)10-5-11-16(18)20)13-17(23)21-12-6-9-14-7-3-2-4-8-14/h2-5,7-8,10-11H,6,9,12-13H2,1H3,(H,21,23). The first-order chi connectivity index (χ1) is 12.3. The summed E-state index contributed by atoms with van der Waals surface area (Å²) in [5.41, 5.74) is 0.363. The van der Waals surface area contributed by atoms with Crippen LogP contribution in [0.3, 0.4) is 0 Å². The molecule has 0 spiro atoms. The van der Waals surface area contributed by atoms with Gasteiger partial charge >= 0.3 is 0 Å². The highest BCUT2D eigenvalue weighted by Crippen LogP contribution is 2.25. The lowest BCUT2D eigenvalue weighted by Crippen LogP contribution is -2.41. The number of carbonyl (C=O) groups is 1. The normalized spacial score (nSPS) is 11.2. The molecule has 0 unspecified atom stereocenters. The molecule has 0 atom stereocenters. The molecule has 0 bridgehead atoms. The van der Waals surface area contributed by atoms with Crippen molar-refractivity contribution < 1.29 is 22.0 Å². The number of benzene rings is 2. The van der Waals surface area contributed by atoms with E-state index in [1.165, 1.54) is 0 Å². The molecule has 0 fully saturated rings. The van der Waals surface area contributed by atoms with E-state index in [0.29, 0.717) is 17.3 Å². The minimum atomic E-state index is -4.04. The number of aryl methyl sites for hydroxylation is 1. The second-order valence-electron chi connectivity index (χ2n) is 5.78. The maximum atomic E-state index is 13.9. The van der Waals surface area contributed by atoms with E-state index in [2.05, 4.69) is 5.32 Å². The molecule has 2 aromatic carbocycles. The van der Waals surface area contributed by atoms with Crippen LogP contribution in [0.25, 0.3) is 0 Å². The molecule has 0 aromatic heterocycles. The van der Waals surface area contributed by atoms with Crippen LogP contribution in [0.1, 0.15) is 12.0 Å². The van der Waals surface area contributed by atoms with Gasteiger partial charge in [0, 0.05) is 6.54 Å². The molecule has 1 amide bonds. The first-order valence-corrected chi connectivity index (χ1v) is 9.86. The SMILES string of the molecule is CS(=O)(=O)N(CC(=O)NCCCc1ccccc1)c1c(F)cccc1F. The van der Waals surface area contributed by atoms with Gasteiger partial charge in [-0.1, -0.05) is 36.4 Å². The molecule has 0 aliphatic carbocycles.